The topological polar surface area (TPSA) is 102 Å². The molecular weight excluding hydrogens is 432 g/mol. The Morgan fingerprint density at radius 1 is 1.00 bits per heavy atom. The monoisotopic (exact) mass is 454 g/mol. The van der Waals surface area contributed by atoms with Gasteiger partial charge in [-0.2, -0.15) is 0 Å². The van der Waals surface area contributed by atoms with Gasteiger partial charge in [0.2, 0.25) is 0 Å². The van der Waals surface area contributed by atoms with Crippen molar-refractivity contribution in [3.63, 3.8) is 0 Å². The van der Waals surface area contributed by atoms with Crippen LogP contribution >= 0.6 is 0 Å². The molecule has 7 nitrogen and oxygen atoms in total. The SMILES string of the molecule is CC1=c2nc(-c3oc4ccccc4c3OC(=O)Nc3ccccc3)cc(C(=O)O)c2=C(C)CC1. The summed E-state index contributed by atoms with van der Waals surface area (Å²) < 4.78 is 11.8. The summed E-state index contributed by atoms with van der Waals surface area (Å²) in [6.07, 6.45) is 0.901. The standard InChI is InChI=1S/C27H22N2O5/c1-15-12-13-16(2)23-22(15)19(26(30)31)14-20(29-23)25-24(18-10-6-7-11-21(18)33-25)34-27(32)28-17-8-4-3-5-9-17/h3-11,14H,12-13H2,1-2H3,(H,28,32)(H,30,31). The number of nitrogens with zero attached hydrogens (tertiary/aromatic N) is 1. The van der Waals surface area contributed by atoms with Crippen LogP contribution in [0.4, 0.5) is 10.5 Å². The van der Waals surface area contributed by atoms with E-state index in [2.05, 4.69) is 5.32 Å². The van der Waals surface area contributed by atoms with Crippen molar-refractivity contribution < 1.29 is 23.8 Å². The second-order valence-electron chi connectivity index (χ2n) is 8.28. The third kappa shape index (κ3) is 3.81. The lowest BCUT2D eigenvalue weighted by atomic mass is 9.95. The first-order valence-electron chi connectivity index (χ1n) is 10.9. The summed E-state index contributed by atoms with van der Waals surface area (Å²) in [4.78, 5) is 29.7. The van der Waals surface area contributed by atoms with Crippen LogP contribution in [-0.4, -0.2) is 22.2 Å². The van der Waals surface area contributed by atoms with Crippen LogP contribution in [0.1, 0.15) is 37.0 Å². The number of furan rings is 1. The number of carbonyl (C=O) groups excluding carboxylic acids is 1. The summed E-state index contributed by atoms with van der Waals surface area (Å²) in [6, 6.07) is 17.6. The van der Waals surface area contributed by atoms with Gasteiger partial charge >= 0.3 is 12.1 Å². The van der Waals surface area contributed by atoms with Gasteiger partial charge in [-0.25, -0.2) is 14.6 Å². The molecular formula is C27H22N2O5. The van der Waals surface area contributed by atoms with Crippen molar-refractivity contribution in [3.8, 4) is 17.2 Å². The summed E-state index contributed by atoms with van der Waals surface area (Å²) in [5.41, 5.74) is 3.52. The number of rotatable bonds is 4. The van der Waals surface area contributed by atoms with E-state index >= 15 is 0 Å². The number of aromatic carboxylic acids is 1. The molecule has 0 saturated heterocycles. The Labute approximate surface area is 195 Å². The Balaban J connectivity index is 1.68. The Morgan fingerprint density at radius 3 is 2.47 bits per heavy atom. The van der Waals surface area contributed by atoms with Crippen molar-refractivity contribution in [3.05, 3.63) is 76.8 Å². The van der Waals surface area contributed by atoms with Crippen LogP contribution in [0.2, 0.25) is 0 Å². The van der Waals surface area contributed by atoms with E-state index in [1.165, 1.54) is 6.07 Å². The first kappa shape index (κ1) is 21.5. The van der Waals surface area contributed by atoms with Gasteiger partial charge in [0.25, 0.3) is 0 Å². The van der Waals surface area contributed by atoms with E-state index in [-0.39, 0.29) is 17.1 Å². The summed E-state index contributed by atoms with van der Waals surface area (Å²) in [6.45, 7) is 3.89. The lowest BCUT2D eigenvalue weighted by Gasteiger charge is -2.14. The van der Waals surface area contributed by atoms with Crippen LogP contribution in [0.15, 0.2) is 65.1 Å². The smallest absolute Gasteiger partial charge is 0.417 e. The molecule has 0 atom stereocenters. The van der Waals surface area contributed by atoms with Crippen molar-refractivity contribution in [1.29, 1.82) is 0 Å². The molecule has 170 valence electrons. The van der Waals surface area contributed by atoms with Crippen LogP contribution in [-0.2, 0) is 0 Å². The highest BCUT2D eigenvalue weighted by Gasteiger charge is 2.24. The number of para-hydroxylation sites is 2. The van der Waals surface area contributed by atoms with Crippen molar-refractivity contribution in [2.24, 2.45) is 0 Å². The lowest BCUT2D eigenvalue weighted by molar-refractivity contribution is 0.0695. The number of nitrogens with one attached hydrogen (secondary N) is 1. The molecule has 0 aliphatic heterocycles. The predicted molar refractivity (Wildman–Crippen MR) is 129 cm³/mol. The second-order valence-corrected chi connectivity index (χ2v) is 8.28. The fourth-order valence-corrected chi connectivity index (χ4v) is 4.24. The molecule has 2 N–H and O–H groups in total. The number of carboxylic acid groups (broad SMARTS) is 1. The zero-order chi connectivity index (χ0) is 23.8. The first-order valence-corrected chi connectivity index (χ1v) is 10.9. The number of anilines is 1. The van der Waals surface area contributed by atoms with E-state index in [1.54, 1.807) is 36.4 Å². The first-order chi connectivity index (χ1) is 16.4. The zero-order valence-electron chi connectivity index (χ0n) is 18.7. The Bertz CT molecular complexity index is 1570. The maximum atomic E-state index is 12.7. The molecule has 0 bridgehead atoms. The summed E-state index contributed by atoms with van der Waals surface area (Å²) >= 11 is 0. The number of ether oxygens (including phenoxy) is 1. The number of carboxylic acids is 1. The van der Waals surface area contributed by atoms with Crippen LogP contribution in [0, 0.1) is 0 Å². The second kappa shape index (κ2) is 8.51. The Morgan fingerprint density at radius 2 is 1.71 bits per heavy atom. The molecule has 0 fully saturated rings. The quantitative estimate of drug-likeness (QED) is 0.453. The van der Waals surface area contributed by atoms with Crippen molar-refractivity contribution in [1.82, 2.24) is 4.98 Å². The molecule has 2 aromatic heterocycles. The van der Waals surface area contributed by atoms with Crippen LogP contribution in [0.3, 0.4) is 0 Å². The van der Waals surface area contributed by atoms with Gasteiger partial charge < -0.3 is 14.3 Å². The van der Waals surface area contributed by atoms with Crippen molar-refractivity contribution in [2.75, 3.05) is 5.32 Å². The molecule has 2 heterocycles. The molecule has 7 heteroatoms. The number of benzene rings is 2. The van der Waals surface area contributed by atoms with Gasteiger partial charge in [0.1, 0.15) is 11.3 Å². The van der Waals surface area contributed by atoms with Gasteiger partial charge in [0, 0.05) is 10.9 Å². The van der Waals surface area contributed by atoms with Gasteiger partial charge in [0.15, 0.2) is 11.5 Å². The van der Waals surface area contributed by atoms with Gasteiger partial charge in [-0.05, 0) is 62.6 Å². The third-order valence-electron chi connectivity index (χ3n) is 5.95. The van der Waals surface area contributed by atoms with E-state index < -0.39 is 12.1 Å². The van der Waals surface area contributed by atoms with Crippen LogP contribution in [0.5, 0.6) is 5.75 Å². The molecule has 0 spiro atoms. The van der Waals surface area contributed by atoms with Crippen LogP contribution in [0.25, 0.3) is 33.6 Å². The lowest BCUT2D eigenvalue weighted by Crippen LogP contribution is -2.39. The summed E-state index contributed by atoms with van der Waals surface area (Å²) in [5, 5.41) is 14.5. The van der Waals surface area contributed by atoms with E-state index in [0.717, 1.165) is 24.0 Å². The highest BCUT2D eigenvalue weighted by molar-refractivity contribution is 5.97. The van der Waals surface area contributed by atoms with Crippen molar-refractivity contribution >= 4 is 39.9 Å². The average molecular weight is 454 g/mol. The number of carbonyl (C=O) groups is 2. The molecule has 0 saturated carbocycles. The van der Waals surface area contributed by atoms with Crippen LogP contribution < -0.4 is 20.6 Å². The minimum absolute atomic E-state index is 0.150. The Kier molecular flexibility index (Phi) is 5.37. The number of fused-ring (bicyclic) bond motifs is 2. The normalized spacial score (nSPS) is 13.0. The molecule has 1 aliphatic carbocycles. The number of pyridine rings is 1. The van der Waals surface area contributed by atoms with E-state index in [0.29, 0.717) is 32.9 Å². The van der Waals surface area contributed by atoms with E-state index in [9.17, 15) is 14.7 Å². The molecule has 1 aliphatic rings. The maximum Gasteiger partial charge on any atom is 0.417 e. The molecule has 4 aromatic rings. The fraction of sp³-hybridized carbons (Fsp3) is 0.148. The minimum atomic E-state index is -1.05. The summed E-state index contributed by atoms with van der Waals surface area (Å²) in [5.74, 6) is -0.665. The third-order valence-corrected chi connectivity index (χ3v) is 5.95. The number of aromatic nitrogens is 1. The number of amides is 1. The molecule has 0 unspecified atom stereocenters. The van der Waals surface area contributed by atoms with Gasteiger partial charge in [-0.1, -0.05) is 35.9 Å². The van der Waals surface area contributed by atoms with Gasteiger partial charge in [-0.3, -0.25) is 5.32 Å². The van der Waals surface area contributed by atoms with Crippen molar-refractivity contribution in [2.45, 2.75) is 26.7 Å². The zero-order valence-corrected chi connectivity index (χ0v) is 18.7. The minimum Gasteiger partial charge on any atom is -0.478 e. The van der Waals surface area contributed by atoms with Gasteiger partial charge in [-0.15, -0.1) is 0 Å². The number of hydrogen-bond acceptors (Lipinski definition) is 5. The molecule has 2 aromatic carbocycles. The largest absolute Gasteiger partial charge is 0.478 e. The molecule has 5 rings (SSSR count). The van der Waals surface area contributed by atoms with E-state index in [4.69, 9.17) is 14.1 Å². The molecule has 34 heavy (non-hydrogen) atoms. The molecule has 1 amide bonds. The highest BCUT2D eigenvalue weighted by Crippen LogP contribution is 2.39. The number of hydrogen-bond donors (Lipinski definition) is 2. The highest BCUT2D eigenvalue weighted by atomic mass is 16.6. The average Bonchev–Trinajstić information content (AvgIpc) is 3.19. The maximum absolute atomic E-state index is 12.7. The van der Waals surface area contributed by atoms with Gasteiger partial charge in [0.05, 0.1) is 16.3 Å². The predicted octanol–water partition coefficient (Wildman–Crippen LogP) is 4.94. The van der Waals surface area contributed by atoms with E-state index in [1.807, 2.05) is 32.0 Å². The summed E-state index contributed by atoms with van der Waals surface area (Å²) in [7, 11) is 0. The Hall–Kier alpha value is -4.39. The molecule has 0 radical (unpaired) electrons. The fourth-order valence-electron chi connectivity index (χ4n) is 4.24.